The smallest absolute Gasteiger partial charge is 0.246 e. The maximum absolute atomic E-state index is 15.1. The fourth-order valence-electron chi connectivity index (χ4n) is 15.0. The molecule has 116 heavy (non-hydrogen) atoms. The van der Waals surface area contributed by atoms with Crippen molar-refractivity contribution in [2.24, 2.45) is 11.7 Å². The van der Waals surface area contributed by atoms with Gasteiger partial charge >= 0.3 is 0 Å². The number of imidazole rings is 1. The number of rotatable bonds is 14. The van der Waals surface area contributed by atoms with E-state index in [2.05, 4.69) is 67.8 Å². The predicted molar refractivity (Wildman–Crippen MR) is 424 cm³/mol. The Labute approximate surface area is 673 Å². The number of aromatic amines is 3. The van der Waals surface area contributed by atoms with Gasteiger partial charge in [0.25, 0.3) is 0 Å². The van der Waals surface area contributed by atoms with Crippen LogP contribution in [0.4, 0.5) is 0 Å². The number of carbonyl (C=O) groups excluding carboxylic acids is 15. The normalized spacial score (nSPS) is 24.4. The lowest BCUT2D eigenvalue weighted by Gasteiger charge is -2.37. The van der Waals surface area contributed by atoms with Gasteiger partial charge < -0.3 is 103 Å². The number of carbonyl (C=O) groups is 15. The molecule has 0 radical (unpaired) electrons. The van der Waals surface area contributed by atoms with Crippen molar-refractivity contribution in [3.8, 4) is 5.75 Å². The molecule has 0 aliphatic carbocycles. The number of H-pyrrole nitrogens is 3. The van der Waals surface area contributed by atoms with Gasteiger partial charge in [-0.25, -0.2) is 4.98 Å². The van der Waals surface area contributed by atoms with Crippen LogP contribution in [0, 0.1) is 5.92 Å². The highest BCUT2D eigenvalue weighted by atomic mass is 32.2. The van der Waals surface area contributed by atoms with Crippen molar-refractivity contribution in [1.29, 1.82) is 0 Å². The maximum Gasteiger partial charge on any atom is 0.246 e. The van der Waals surface area contributed by atoms with E-state index in [0.717, 1.165) is 21.6 Å². The summed E-state index contributed by atoms with van der Waals surface area (Å²) in [7, 11) is 2.63. The molecule has 36 nitrogen and oxygen atoms in total. The molecule has 0 saturated carbocycles. The first-order valence-corrected chi connectivity index (χ1v) is 40.2. The highest BCUT2D eigenvalue weighted by Gasteiger charge is 2.43. The Hall–Kier alpha value is -11.9. The molecule has 0 spiro atoms. The second-order valence-corrected chi connectivity index (χ2v) is 31.2. The van der Waals surface area contributed by atoms with Gasteiger partial charge in [-0.3, -0.25) is 71.9 Å². The molecule has 4 saturated heterocycles. The standard InChI is InChI=1S/C79H103N19O17S/c1-45(2)31-56-70(106)82-26-30-116-43-67(103)88-59(32-46-20-22-50(100)23-21-46)79(115)97-27-10-9-17-62(97)74(110)85-39-68(104)96-28-11-18-63(96)75(111)91-58(35-49-38-81-44-86-49)72(108)89-55(24-25-65(80)101)78(114)98-29-12-19-64(98)76(112)90-57(33-47-36-83-53-15-7-5-13-51(47)53)71(107)93-61(42-99)73(109)92-60(34-48-37-84-54-16-8-6-14-52(48)54)77(113)95(4)41-69(105)94(3)40-66(102)87-56/h5-8,13-16,20-23,36-38,44-45,55-64,83-84,99-100H,9-12,17-19,24-35,39-43H2,1-4H3,(H2,80,101)(H,81,86)(H,82,106)(H,85,110)(H,87,102)(H,88,103)(H,89,108)(H,90,112)(H,91,111)(H,92,109)(H,93,107)/t55-,56-,57-,58-,59-,60-,61-,62-,63-,64-/m0/s1. The van der Waals surface area contributed by atoms with Crippen molar-refractivity contribution in [3.05, 3.63) is 120 Å². The number of nitrogens with zero attached hydrogens (tertiary/aromatic N) is 6. The van der Waals surface area contributed by atoms with Gasteiger partial charge in [0.2, 0.25) is 88.6 Å². The number of amides is 15. The molecule has 4 fully saturated rings. The zero-order valence-electron chi connectivity index (χ0n) is 65.2. The van der Waals surface area contributed by atoms with Crippen LogP contribution in [0.25, 0.3) is 21.8 Å². The number of phenolic OH excluding ortho intramolecular Hbond substituents is 1. The molecular weight excluding hydrogens is 1520 g/mol. The van der Waals surface area contributed by atoms with E-state index >= 15 is 4.79 Å². The topological polar surface area (TPSA) is 507 Å². The molecule has 37 heteroatoms. The van der Waals surface area contributed by atoms with E-state index in [1.807, 2.05) is 13.8 Å². The molecule has 4 aliphatic rings. The number of aromatic nitrogens is 4. The summed E-state index contributed by atoms with van der Waals surface area (Å²) in [6.45, 7) is 1.04. The van der Waals surface area contributed by atoms with Crippen LogP contribution in [0.3, 0.4) is 0 Å². The van der Waals surface area contributed by atoms with Crippen molar-refractivity contribution >= 4 is 122 Å². The van der Waals surface area contributed by atoms with Gasteiger partial charge in [-0.1, -0.05) is 62.4 Å². The Morgan fingerprint density at radius 1 is 0.526 bits per heavy atom. The van der Waals surface area contributed by atoms with Crippen LogP contribution in [0.2, 0.25) is 0 Å². The number of benzene rings is 3. The van der Waals surface area contributed by atoms with E-state index in [0.29, 0.717) is 63.5 Å². The SMILES string of the molecule is CC(C)C[C@@H]1NC(=O)CN(C)C(=O)CN(C)C(=O)[C@H](Cc2c[nH]c3ccccc23)NC(=O)[C@H](CO)NC(=O)[C@H](Cc2c[nH]c3ccccc23)NC(=O)[C@@H]2CCCN2C(=O)[C@H](CCC(N)=O)NC(=O)[C@H](Cc2cnc[nH]2)NC(=O)[C@@H]2CCCN2C(=O)CNC(=O)[C@@H]2CCCCN2C(=O)[C@H](Cc2ccc(O)cc2)NC(=O)CSCCNC1=O. The molecule has 15 amide bonds. The third-order valence-electron chi connectivity index (χ3n) is 21.1. The Bertz CT molecular complexity index is 4550. The van der Waals surface area contributed by atoms with E-state index in [9.17, 15) is 77.3 Å². The van der Waals surface area contributed by atoms with Gasteiger partial charge in [-0.2, -0.15) is 11.8 Å². The number of para-hydroxylation sites is 2. The number of nitrogens with two attached hydrogens (primary N) is 1. The molecule has 16 N–H and O–H groups in total. The number of nitrogens with one attached hydrogen (secondary N) is 12. The number of likely N-dealkylation sites (N-methyl/N-ethyl adjacent to an activating group) is 2. The summed E-state index contributed by atoms with van der Waals surface area (Å²) in [5.74, 6) is -11.7. The molecule has 622 valence electrons. The van der Waals surface area contributed by atoms with Gasteiger partial charge in [0.1, 0.15) is 66.2 Å². The van der Waals surface area contributed by atoms with E-state index in [4.69, 9.17) is 5.73 Å². The number of primary amides is 1. The molecule has 7 heterocycles. The third-order valence-corrected chi connectivity index (χ3v) is 22.0. The second kappa shape index (κ2) is 40.9. The fourth-order valence-corrected chi connectivity index (χ4v) is 15.7. The Morgan fingerprint density at radius 3 is 1.68 bits per heavy atom. The number of hydrogen-bond donors (Lipinski definition) is 15. The Balaban J connectivity index is 0.923. The number of fused-ring (bicyclic) bond motifs is 5. The minimum absolute atomic E-state index is 0.0366. The molecule has 0 unspecified atom stereocenters. The average molecular weight is 1620 g/mol. The van der Waals surface area contributed by atoms with Crippen LogP contribution in [0.1, 0.15) is 100 Å². The third kappa shape index (κ3) is 23.2. The first-order chi connectivity index (χ1) is 55.6. The van der Waals surface area contributed by atoms with Gasteiger partial charge in [0, 0.05) is 124 Å². The van der Waals surface area contributed by atoms with Crippen LogP contribution in [-0.4, -0.2) is 282 Å². The molecular formula is C79H103N19O17S. The summed E-state index contributed by atoms with van der Waals surface area (Å²) in [6, 6.07) is 6.52. The van der Waals surface area contributed by atoms with Gasteiger partial charge in [-0.15, -0.1) is 0 Å². The van der Waals surface area contributed by atoms with E-state index in [1.165, 1.54) is 53.5 Å². The number of thioether (sulfide) groups is 1. The predicted octanol–water partition coefficient (Wildman–Crippen LogP) is -1.69. The van der Waals surface area contributed by atoms with Crippen LogP contribution >= 0.6 is 11.8 Å². The summed E-state index contributed by atoms with van der Waals surface area (Å²) >= 11 is 1.14. The van der Waals surface area contributed by atoms with Crippen molar-refractivity contribution in [2.75, 3.05) is 78.0 Å². The summed E-state index contributed by atoms with van der Waals surface area (Å²) in [5, 5.41) is 46.9. The van der Waals surface area contributed by atoms with Crippen LogP contribution in [0.15, 0.2) is 97.7 Å². The number of aromatic hydroxyl groups is 1. The Morgan fingerprint density at radius 2 is 1.06 bits per heavy atom. The average Bonchev–Trinajstić information content (AvgIpc) is 1.51. The lowest BCUT2D eigenvalue weighted by atomic mass is 9.98. The Kier molecular flexibility index (Phi) is 30.5. The molecule has 10 atom stereocenters. The van der Waals surface area contributed by atoms with E-state index < -0.39 is 182 Å². The van der Waals surface area contributed by atoms with Crippen molar-refractivity contribution < 1.29 is 82.1 Å². The monoisotopic (exact) mass is 1620 g/mol. The first-order valence-electron chi connectivity index (χ1n) is 39.0. The number of piperidine rings is 1. The second-order valence-electron chi connectivity index (χ2n) is 30.1. The summed E-state index contributed by atoms with van der Waals surface area (Å²) < 4.78 is 0. The van der Waals surface area contributed by atoms with Crippen molar-refractivity contribution in [3.63, 3.8) is 0 Å². The quantitative estimate of drug-likeness (QED) is 0.0578. The van der Waals surface area contributed by atoms with Gasteiger partial charge in [0.15, 0.2) is 0 Å². The number of aliphatic hydroxyl groups is 1. The fraction of sp³-hybridized carbons (Fsp3) is 0.494. The van der Waals surface area contributed by atoms with E-state index in [-0.39, 0.29) is 114 Å². The molecule has 10 rings (SSSR count). The number of phenols is 1. The summed E-state index contributed by atoms with van der Waals surface area (Å²) in [6.07, 6.45) is 6.65. The van der Waals surface area contributed by atoms with Crippen molar-refractivity contribution in [1.82, 2.24) is 92.3 Å². The van der Waals surface area contributed by atoms with Crippen LogP contribution in [0.5, 0.6) is 5.75 Å². The van der Waals surface area contributed by atoms with Crippen LogP contribution < -0.4 is 53.6 Å². The molecule has 4 aliphatic heterocycles. The van der Waals surface area contributed by atoms with Crippen molar-refractivity contribution in [2.45, 2.75) is 164 Å². The summed E-state index contributed by atoms with van der Waals surface area (Å²) in [4.78, 5) is 234. The first kappa shape index (κ1) is 86.5. The zero-order chi connectivity index (χ0) is 83.3. The molecule has 3 aromatic heterocycles. The van der Waals surface area contributed by atoms with Gasteiger partial charge in [0.05, 0.1) is 38.3 Å². The van der Waals surface area contributed by atoms with Crippen LogP contribution in [-0.2, 0) is 97.6 Å². The number of hydrogen-bond acceptors (Lipinski definition) is 19. The number of aliphatic hydroxyl groups excluding tert-OH is 1. The maximum atomic E-state index is 15.1. The molecule has 6 aromatic rings. The highest BCUT2D eigenvalue weighted by Crippen LogP contribution is 2.27. The lowest BCUT2D eigenvalue weighted by Crippen LogP contribution is -2.61. The summed E-state index contributed by atoms with van der Waals surface area (Å²) in [5.41, 5.74) is 9.03. The lowest BCUT2D eigenvalue weighted by molar-refractivity contribution is -0.145. The van der Waals surface area contributed by atoms with Gasteiger partial charge in [-0.05, 0) is 105 Å². The zero-order valence-corrected chi connectivity index (χ0v) is 66.1. The van der Waals surface area contributed by atoms with E-state index in [1.54, 1.807) is 73.1 Å². The minimum atomic E-state index is -1.79. The molecule has 3 aromatic carbocycles. The highest BCUT2D eigenvalue weighted by molar-refractivity contribution is 7.99. The molecule has 0 bridgehead atoms. The largest absolute Gasteiger partial charge is 0.508 e. The minimum Gasteiger partial charge on any atom is -0.508 e.